The van der Waals surface area contributed by atoms with Crippen molar-refractivity contribution in [2.45, 2.75) is 25.4 Å². The maximum Gasteiger partial charge on any atom is 0.348 e. The van der Waals surface area contributed by atoms with Gasteiger partial charge in [-0.15, -0.1) is 0 Å². The first-order valence-electron chi connectivity index (χ1n) is 8.29. The summed E-state index contributed by atoms with van der Waals surface area (Å²) in [5, 5.41) is 0. The van der Waals surface area contributed by atoms with Crippen LogP contribution >= 0.6 is 0 Å². The molecule has 2 unspecified atom stereocenters. The Bertz CT molecular complexity index is 759. The molecule has 0 N–H and O–H groups in total. The van der Waals surface area contributed by atoms with Gasteiger partial charge in [0.1, 0.15) is 5.75 Å². The average molecular weight is 339 g/mol. The molecule has 130 valence electrons. The van der Waals surface area contributed by atoms with E-state index in [2.05, 4.69) is 0 Å². The SMILES string of the molecule is COC(=O)C1CN(C(=O)CC(C)c2ccccc2)c2ccccc2O1. The summed E-state index contributed by atoms with van der Waals surface area (Å²) in [6, 6.07) is 17.2. The normalized spacial score (nSPS) is 17.2. The summed E-state index contributed by atoms with van der Waals surface area (Å²) in [6.07, 6.45) is -0.456. The van der Waals surface area contributed by atoms with Crippen LogP contribution in [0, 0.1) is 0 Å². The minimum absolute atomic E-state index is 0.0407. The lowest BCUT2D eigenvalue weighted by atomic mass is 9.97. The van der Waals surface area contributed by atoms with Crippen LogP contribution in [0.2, 0.25) is 0 Å². The van der Waals surface area contributed by atoms with Gasteiger partial charge in [0.05, 0.1) is 19.3 Å². The van der Waals surface area contributed by atoms with Crippen molar-refractivity contribution in [3.63, 3.8) is 0 Å². The molecule has 1 aliphatic heterocycles. The standard InChI is InChI=1S/C20H21NO4/c1-14(15-8-4-3-5-9-15)12-19(22)21-13-18(20(23)24-2)25-17-11-7-6-10-16(17)21/h3-11,14,18H,12-13H2,1-2H3. The number of carbonyl (C=O) groups is 2. The van der Waals surface area contributed by atoms with Gasteiger partial charge in [-0.1, -0.05) is 49.4 Å². The zero-order chi connectivity index (χ0) is 17.8. The summed E-state index contributed by atoms with van der Waals surface area (Å²) < 4.78 is 10.5. The van der Waals surface area contributed by atoms with E-state index < -0.39 is 12.1 Å². The lowest BCUT2D eigenvalue weighted by Crippen LogP contribution is -2.47. The number of nitrogens with zero attached hydrogens (tertiary/aromatic N) is 1. The molecular formula is C20H21NO4. The largest absolute Gasteiger partial charge is 0.475 e. The number of carbonyl (C=O) groups excluding carboxylic acids is 2. The summed E-state index contributed by atoms with van der Waals surface area (Å²) in [5.41, 5.74) is 1.80. The van der Waals surface area contributed by atoms with Crippen LogP contribution in [0.25, 0.3) is 0 Å². The van der Waals surface area contributed by atoms with Gasteiger partial charge in [-0.25, -0.2) is 4.79 Å². The van der Waals surface area contributed by atoms with Crippen molar-refractivity contribution in [2.24, 2.45) is 0 Å². The first-order chi connectivity index (χ1) is 12.1. The zero-order valence-electron chi connectivity index (χ0n) is 14.3. The summed E-state index contributed by atoms with van der Waals surface area (Å²) in [4.78, 5) is 26.4. The predicted octanol–water partition coefficient (Wildman–Crippen LogP) is 3.15. The Kier molecular flexibility index (Phi) is 5.03. The highest BCUT2D eigenvalue weighted by molar-refractivity contribution is 5.97. The number of amides is 1. The van der Waals surface area contributed by atoms with E-state index in [-0.39, 0.29) is 18.4 Å². The van der Waals surface area contributed by atoms with Gasteiger partial charge in [-0.05, 0) is 23.6 Å². The number of ether oxygens (including phenoxy) is 2. The Morgan fingerprint density at radius 3 is 2.56 bits per heavy atom. The molecule has 3 rings (SSSR count). The van der Waals surface area contributed by atoms with E-state index in [0.717, 1.165) is 5.56 Å². The molecular weight excluding hydrogens is 318 g/mol. The van der Waals surface area contributed by atoms with Gasteiger partial charge in [-0.3, -0.25) is 4.79 Å². The van der Waals surface area contributed by atoms with Crippen LogP contribution in [-0.2, 0) is 14.3 Å². The lowest BCUT2D eigenvalue weighted by Gasteiger charge is -2.34. The van der Waals surface area contributed by atoms with E-state index in [9.17, 15) is 9.59 Å². The van der Waals surface area contributed by atoms with Crippen LogP contribution in [0.1, 0.15) is 24.8 Å². The molecule has 0 bridgehead atoms. The van der Waals surface area contributed by atoms with E-state index in [1.165, 1.54) is 7.11 Å². The molecule has 0 saturated carbocycles. The van der Waals surface area contributed by atoms with Crippen molar-refractivity contribution in [3.8, 4) is 5.75 Å². The fourth-order valence-electron chi connectivity index (χ4n) is 3.00. The van der Waals surface area contributed by atoms with Crippen LogP contribution in [0.15, 0.2) is 54.6 Å². The molecule has 2 aromatic carbocycles. The summed E-state index contributed by atoms with van der Waals surface area (Å²) in [7, 11) is 1.32. The first-order valence-corrected chi connectivity index (χ1v) is 8.29. The zero-order valence-corrected chi connectivity index (χ0v) is 14.3. The Morgan fingerprint density at radius 2 is 1.84 bits per heavy atom. The first kappa shape index (κ1) is 17.0. The Morgan fingerprint density at radius 1 is 1.16 bits per heavy atom. The summed E-state index contributed by atoms with van der Waals surface area (Å²) >= 11 is 0. The van der Waals surface area contributed by atoms with Gasteiger partial charge >= 0.3 is 5.97 Å². The van der Waals surface area contributed by atoms with Crippen molar-refractivity contribution in [2.75, 3.05) is 18.6 Å². The molecule has 1 amide bonds. The second-order valence-electron chi connectivity index (χ2n) is 6.12. The third kappa shape index (κ3) is 3.65. The van der Waals surface area contributed by atoms with Crippen LogP contribution < -0.4 is 9.64 Å². The Balaban J connectivity index is 1.81. The van der Waals surface area contributed by atoms with Gasteiger partial charge in [0.2, 0.25) is 12.0 Å². The average Bonchev–Trinajstić information content (AvgIpc) is 2.67. The topological polar surface area (TPSA) is 55.8 Å². The predicted molar refractivity (Wildman–Crippen MR) is 94.7 cm³/mol. The van der Waals surface area contributed by atoms with Crippen molar-refractivity contribution in [1.29, 1.82) is 0 Å². The number of hydrogen-bond acceptors (Lipinski definition) is 4. The molecule has 5 heteroatoms. The second kappa shape index (κ2) is 7.38. The molecule has 0 spiro atoms. The molecule has 2 atom stereocenters. The Hall–Kier alpha value is -2.82. The molecule has 0 saturated heterocycles. The molecule has 0 aromatic heterocycles. The number of methoxy groups -OCH3 is 1. The van der Waals surface area contributed by atoms with Gasteiger partial charge in [0.25, 0.3) is 0 Å². The lowest BCUT2D eigenvalue weighted by molar-refractivity contribution is -0.148. The summed E-state index contributed by atoms with van der Waals surface area (Å²) in [6.45, 7) is 2.18. The fraction of sp³-hybridized carbons (Fsp3) is 0.300. The number of benzene rings is 2. The number of esters is 1. The van der Waals surface area contributed by atoms with Crippen LogP contribution in [0.4, 0.5) is 5.69 Å². The smallest absolute Gasteiger partial charge is 0.348 e. The molecule has 25 heavy (non-hydrogen) atoms. The minimum atomic E-state index is -0.809. The molecule has 1 aliphatic rings. The molecule has 2 aromatic rings. The quantitative estimate of drug-likeness (QED) is 0.803. The van der Waals surface area contributed by atoms with Gasteiger partial charge in [0.15, 0.2) is 0 Å². The third-order valence-corrected chi connectivity index (χ3v) is 4.39. The van der Waals surface area contributed by atoms with Crippen LogP contribution in [0.3, 0.4) is 0 Å². The Labute approximate surface area is 147 Å². The number of rotatable bonds is 4. The van der Waals surface area contributed by atoms with E-state index in [4.69, 9.17) is 9.47 Å². The highest BCUT2D eigenvalue weighted by Gasteiger charge is 2.34. The van der Waals surface area contributed by atoms with E-state index in [0.29, 0.717) is 17.9 Å². The van der Waals surface area contributed by atoms with Gasteiger partial charge < -0.3 is 14.4 Å². The maximum absolute atomic E-state index is 12.9. The van der Waals surface area contributed by atoms with E-state index in [1.807, 2.05) is 55.5 Å². The maximum atomic E-state index is 12.9. The van der Waals surface area contributed by atoms with Gasteiger partial charge in [-0.2, -0.15) is 0 Å². The second-order valence-corrected chi connectivity index (χ2v) is 6.12. The molecule has 1 heterocycles. The van der Waals surface area contributed by atoms with Crippen LogP contribution in [-0.4, -0.2) is 31.6 Å². The van der Waals surface area contributed by atoms with Crippen molar-refractivity contribution in [1.82, 2.24) is 0 Å². The molecule has 5 nitrogen and oxygen atoms in total. The van der Waals surface area contributed by atoms with Crippen molar-refractivity contribution >= 4 is 17.6 Å². The number of anilines is 1. The molecule has 0 fully saturated rings. The molecule has 0 radical (unpaired) electrons. The fourth-order valence-corrected chi connectivity index (χ4v) is 3.00. The number of hydrogen-bond donors (Lipinski definition) is 0. The minimum Gasteiger partial charge on any atom is -0.475 e. The summed E-state index contributed by atoms with van der Waals surface area (Å²) in [5.74, 6) is 0.0783. The van der Waals surface area contributed by atoms with E-state index >= 15 is 0 Å². The van der Waals surface area contributed by atoms with Gasteiger partial charge in [0, 0.05) is 6.42 Å². The van der Waals surface area contributed by atoms with Crippen LogP contribution in [0.5, 0.6) is 5.75 Å². The monoisotopic (exact) mass is 339 g/mol. The number of fused-ring (bicyclic) bond motifs is 1. The highest BCUT2D eigenvalue weighted by atomic mass is 16.6. The third-order valence-electron chi connectivity index (χ3n) is 4.39. The van der Waals surface area contributed by atoms with Crippen molar-refractivity contribution < 1.29 is 19.1 Å². The highest BCUT2D eigenvalue weighted by Crippen LogP contribution is 2.34. The molecule has 0 aliphatic carbocycles. The number of para-hydroxylation sites is 2. The van der Waals surface area contributed by atoms with E-state index in [1.54, 1.807) is 11.0 Å². The van der Waals surface area contributed by atoms with Crippen molar-refractivity contribution in [3.05, 3.63) is 60.2 Å².